The summed E-state index contributed by atoms with van der Waals surface area (Å²) >= 11 is 6.25. The number of piperidine rings is 1. The zero-order valence-corrected chi connectivity index (χ0v) is 12.2. The van der Waals surface area contributed by atoms with Crippen LogP contribution in [-0.2, 0) is 6.54 Å². The first kappa shape index (κ1) is 15.0. The number of nitrogens with zero attached hydrogens (tertiary/aromatic N) is 1. The van der Waals surface area contributed by atoms with Gasteiger partial charge in [-0.3, -0.25) is 4.90 Å². The largest absolute Gasteiger partial charge is 0.573 e. The molecule has 2 heterocycles. The molecule has 0 saturated carbocycles. The number of alkyl halides is 4. The highest BCUT2D eigenvalue weighted by atomic mass is 35.5. The molecule has 2 aliphatic rings. The van der Waals surface area contributed by atoms with Crippen molar-refractivity contribution in [3.63, 3.8) is 0 Å². The second-order valence-corrected chi connectivity index (χ2v) is 6.43. The Morgan fingerprint density at radius 1 is 1.10 bits per heavy atom. The van der Waals surface area contributed by atoms with Crippen LogP contribution in [0.25, 0.3) is 0 Å². The summed E-state index contributed by atoms with van der Waals surface area (Å²) in [5.74, 6) is -0.173. The molecule has 2 atom stereocenters. The molecule has 2 unspecified atom stereocenters. The van der Waals surface area contributed by atoms with E-state index in [-0.39, 0.29) is 11.1 Å². The third kappa shape index (κ3) is 3.64. The van der Waals surface area contributed by atoms with Crippen LogP contribution in [0.15, 0.2) is 24.3 Å². The first-order valence-electron chi connectivity index (χ1n) is 7.15. The lowest BCUT2D eigenvalue weighted by Gasteiger charge is -2.37. The van der Waals surface area contributed by atoms with Crippen LogP contribution in [0.5, 0.6) is 5.75 Å². The molecule has 0 aromatic heterocycles. The van der Waals surface area contributed by atoms with Crippen LogP contribution in [0, 0.1) is 0 Å². The van der Waals surface area contributed by atoms with Crippen molar-refractivity contribution in [2.45, 2.75) is 56.1 Å². The van der Waals surface area contributed by atoms with Crippen LogP contribution in [0.4, 0.5) is 13.2 Å². The summed E-state index contributed by atoms with van der Waals surface area (Å²) in [6.45, 7) is 0.769. The van der Waals surface area contributed by atoms with E-state index >= 15 is 0 Å². The molecule has 0 radical (unpaired) electrons. The van der Waals surface area contributed by atoms with Gasteiger partial charge in [-0.15, -0.1) is 24.8 Å². The summed E-state index contributed by atoms with van der Waals surface area (Å²) in [7, 11) is 0. The first-order valence-corrected chi connectivity index (χ1v) is 7.59. The Hall–Kier alpha value is -0.940. The molecule has 6 heteroatoms. The molecule has 0 spiro atoms. The number of fused-ring (bicyclic) bond motifs is 2. The standard InChI is InChI=1S/C15H17ClF3NO/c16-11-7-12-3-4-13(8-11)20(12)9-10-1-5-14(6-2-10)21-15(17,18)19/h1-2,5-6,11-13H,3-4,7-9H2. The Morgan fingerprint density at radius 3 is 2.19 bits per heavy atom. The minimum atomic E-state index is -4.64. The van der Waals surface area contributed by atoms with E-state index in [0.29, 0.717) is 12.1 Å². The van der Waals surface area contributed by atoms with Crippen LogP contribution in [0.1, 0.15) is 31.2 Å². The van der Waals surface area contributed by atoms with E-state index in [9.17, 15) is 13.2 Å². The minimum absolute atomic E-state index is 0.173. The van der Waals surface area contributed by atoms with Gasteiger partial charge in [0.05, 0.1) is 0 Å². The summed E-state index contributed by atoms with van der Waals surface area (Å²) in [6.07, 6.45) is -0.282. The number of ether oxygens (including phenoxy) is 1. The summed E-state index contributed by atoms with van der Waals surface area (Å²) in [5.41, 5.74) is 1.01. The molecule has 2 aliphatic heterocycles. The van der Waals surface area contributed by atoms with E-state index in [1.54, 1.807) is 12.1 Å². The summed E-state index contributed by atoms with van der Waals surface area (Å²) < 4.78 is 40.2. The molecule has 1 aromatic rings. The highest BCUT2D eigenvalue weighted by molar-refractivity contribution is 6.20. The van der Waals surface area contributed by atoms with Crippen molar-refractivity contribution < 1.29 is 17.9 Å². The number of rotatable bonds is 3. The number of halogens is 4. The second kappa shape index (κ2) is 5.69. The van der Waals surface area contributed by atoms with Gasteiger partial charge >= 0.3 is 6.36 Å². The van der Waals surface area contributed by atoms with Crippen molar-refractivity contribution in [3.8, 4) is 5.75 Å². The predicted octanol–water partition coefficient (Wildman–Crippen LogP) is 4.32. The smallest absolute Gasteiger partial charge is 0.406 e. The molecule has 2 saturated heterocycles. The van der Waals surface area contributed by atoms with E-state index in [4.69, 9.17) is 11.6 Å². The minimum Gasteiger partial charge on any atom is -0.406 e. The lowest BCUT2D eigenvalue weighted by molar-refractivity contribution is -0.274. The summed E-state index contributed by atoms with van der Waals surface area (Å²) in [6, 6.07) is 7.17. The Labute approximate surface area is 126 Å². The number of hydrogen-bond donors (Lipinski definition) is 0. The van der Waals surface area contributed by atoms with Gasteiger partial charge in [0, 0.05) is 24.0 Å². The normalized spacial score (nSPS) is 29.6. The van der Waals surface area contributed by atoms with Crippen LogP contribution in [0.3, 0.4) is 0 Å². The Morgan fingerprint density at radius 2 is 1.67 bits per heavy atom. The molecule has 2 fully saturated rings. The fourth-order valence-corrected chi connectivity index (χ4v) is 3.88. The van der Waals surface area contributed by atoms with E-state index in [1.165, 1.54) is 25.0 Å². The van der Waals surface area contributed by atoms with Gasteiger partial charge < -0.3 is 4.74 Å². The lowest BCUT2D eigenvalue weighted by atomic mass is 10.0. The highest BCUT2D eigenvalue weighted by Gasteiger charge is 2.39. The average molecular weight is 320 g/mol. The third-order valence-corrected chi connectivity index (χ3v) is 4.71. The fourth-order valence-electron chi connectivity index (χ4n) is 3.47. The highest BCUT2D eigenvalue weighted by Crippen LogP contribution is 2.38. The third-order valence-electron chi connectivity index (χ3n) is 4.35. The molecule has 0 amide bonds. The quantitative estimate of drug-likeness (QED) is 0.769. The van der Waals surface area contributed by atoms with Crippen molar-refractivity contribution in [1.82, 2.24) is 4.90 Å². The maximum absolute atomic E-state index is 12.1. The van der Waals surface area contributed by atoms with Gasteiger partial charge in [0.15, 0.2) is 0 Å². The number of benzene rings is 1. The molecule has 21 heavy (non-hydrogen) atoms. The van der Waals surface area contributed by atoms with Crippen LogP contribution < -0.4 is 4.74 Å². The van der Waals surface area contributed by atoms with Crippen molar-refractivity contribution in [3.05, 3.63) is 29.8 Å². The molecule has 2 nitrogen and oxygen atoms in total. The van der Waals surface area contributed by atoms with Crippen molar-refractivity contribution in [2.75, 3.05) is 0 Å². The Kier molecular flexibility index (Phi) is 4.06. The van der Waals surface area contributed by atoms with Gasteiger partial charge in [-0.1, -0.05) is 12.1 Å². The van der Waals surface area contributed by atoms with Gasteiger partial charge in [0.25, 0.3) is 0 Å². The zero-order valence-electron chi connectivity index (χ0n) is 11.4. The van der Waals surface area contributed by atoms with Crippen LogP contribution in [0.2, 0.25) is 0 Å². The van der Waals surface area contributed by atoms with Gasteiger partial charge in [0.2, 0.25) is 0 Å². The van der Waals surface area contributed by atoms with Crippen LogP contribution in [-0.4, -0.2) is 28.7 Å². The maximum atomic E-state index is 12.1. The zero-order chi connectivity index (χ0) is 15.0. The van der Waals surface area contributed by atoms with Crippen LogP contribution >= 0.6 is 11.6 Å². The Bertz CT molecular complexity index is 477. The molecular weight excluding hydrogens is 303 g/mol. The van der Waals surface area contributed by atoms with Crippen molar-refractivity contribution in [1.29, 1.82) is 0 Å². The molecular formula is C15H17ClF3NO. The monoisotopic (exact) mass is 319 g/mol. The molecule has 1 aromatic carbocycles. The fraction of sp³-hybridized carbons (Fsp3) is 0.600. The first-order chi connectivity index (χ1) is 9.90. The molecule has 116 valence electrons. The predicted molar refractivity (Wildman–Crippen MR) is 74.4 cm³/mol. The van der Waals surface area contributed by atoms with Crippen molar-refractivity contribution >= 4 is 11.6 Å². The topological polar surface area (TPSA) is 12.5 Å². The SMILES string of the molecule is FC(F)(F)Oc1ccc(CN2C3CCC2CC(Cl)C3)cc1. The van der Waals surface area contributed by atoms with E-state index in [0.717, 1.165) is 24.9 Å². The van der Waals surface area contributed by atoms with Gasteiger partial charge in [0.1, 0.15) is 5.75 Å². The summed E-state index contributed by atoms with van der Waals surface area (Å²) in [5, 5.41) is 0.265. The Balaban J connectivity index is 1.63. The molecule has 2 bridgehead atoms. The van der Waals surface area contributed by atoms with Gasteiger partial charge in [-0.25, -0.2) is 0 Å². The van der Waals surface area contributed by atoms with Gasteiger partial charge in [-0.2, -0.15) is 0 Å². The number of hydrogen-bond acceptors (Lipinski definition) is 2. The lowest BCUT2D eigenvalue weighted by Crippen LogP contribution is -2.42. The van der Waals surface area contributed by atoms with E-state index < -0.39 is 6.36 Å². The second-order valence-electron chi connectivity index (χ2n) is 5.82. The molecule has 3 rings (SSSR count). The molecule has 0 N–H and O–H groups in total. The average Bonchev–Trinajstić information content (AvgIpc) is 2.63. The van der Waals surface area contributed by atoms with E-state index in [1.807, 2.05) is 0 Å². The summed E-state index contributed by atoms with van der Waals surface area (Å²) in [4.78, 5) is 2.44. The van der Waals surface area contributed by atoms with E-state index in [2.05, 4.69) is 9.64 Å². The maximum Gasteiger partial charge on any atom is 0.573 e. The van der Waals surface area contributed by atoms with Crippen molar-refractivity contribution in [2.24, 2.45) is 0 Å². The van der Waals surface area contributed by atoms with Gasteiger partial charge in [-0.05, 0) is 43.4 Å². The molecule has 0 aliphatic carbocycles.